The Morgan fingerprint density at radius 1 is 1.00 bits per heavy atom. The van der Waals surface area contributed by atoms with Crippen LogP contribution < -0.4 is 5.32 Å². The van der Waals surface area contributed by atoms with Crippen molar-refractivity contribution in [2.75, 3.05) is 45.9 Å². The smallest absolute Gasteiger partial charge is 0.224 e. The van der Waals surface area contributed by atoms with E-state index < -0.39 is 6.04 Å². The monoisotopic (exact) mass is 432 g/mol. The predicted molar refractivity (Wildman–Crippen MR) is 119 cm³/mol. The number of hydrogen-bond acceptors (Lipinski definition) is 5. The minimum atomic E-state index is -0.484. The molecule has 7 nitrogen and oxygen atoms in total. The van der Waals surface area contributed by atoms with Crippen LogP contribution in [0.3, 0.4) is 0 Å². The lowest BCUT2D eigenvalue weighted by atomic mass is 9.81. The van der Waals surface area contributed by atoms with Crippen molar-refractivity contribution in [2.24, 2.45) is 11.8 Å². The number of nitrogens with zero attached hydrogens (tertiary/aromatic N) is 3. The highest BCUT2D eigenvalue weighted by Crippen LogP contribution is 2.30. The molecule has 2 amide bonds. The molecule has 0 spiro atoms. The van der Waals surface area contributed by atoms with Gasteiger partial charge < -0.3 is 19.9 Å². The molecule has 0 radical (unpaired) electrons. The third kappa shape index (κ3) is 8.08. The Labute approximate surface area is 187 Å². The Morgan fingerprint density at radius 3 is 2.35 bits per heavy atom. The molecule has 1 N–H and O–H groups in total. The Bertz CT molecular complexity index is 602. The second kappa shape index (κ2) is 13.0. The van der Waals surface area contributed by atoms with Crippen LogP contribution in [0.15, 0.2) is 0 Å². The molecule has 2 unspecified atom stereocenters. The molecule has 2 aliphatic heterocycles. The molecule has 0 aromatic carbocycles. The summed E-state index contributed by atoms with van der Waals surface area (Å²) in [5.41, 5.74) is 0. The van der Waals surface area contributed by atoms with Crippen molar-refractivity contribution in [2.45, 2.75) is 76.7 Å². The fourth-order valence-corrected chi connectivity index (χ4v) is 5.21. The van der Waals surface area contributed by atoms with Gasteiger partial charge in [-0.3, -0.25) is 9.59 Å². The molecule has 174 valence electrons. The third-order valence-corrected chi connectivity index (χ3v) is 7.15. The van der Waals surface area contributed by atoms with Gasteiger partial charge in [0.2, 0.25) is 11.8 Å². The minimum Gasteiger partial charge on any atom is -0.378 e. The standard InChI is InChI=1S/C24H40N4O3/c25-19-22(9-12-27-10-5-2-6-11-27)26-24(30)21(17-20-7-3-1-4-8-20)18-23(29)28-13-15-31-16-14-28/h20-22H,1-18H2,(H,26,30). The van der Waals surface area contributed by atoms with Crippen LogP contribution in [-0.2, 0) is 14.3 Å². The van der Waals surface area contributed by atoms with Gasteiger partial charge in [0.1, 0.15) is 6.04 Å². The second-order valence-corrected chi connectivity index (χ2v) is 9.52. The van der Waals surface area contributed by atoms with Crippen LogP contribution in [0.4, 0.5) is 0 Å². The highest BCUT2D eigenvalue weighted by Gasteiger charge is 2.30. The zero-order valence-electron chi connectivity index (χ0n) is 19.0. The highest BCUT2D eigenvalue weighted by molar-refractivity contribution is 5.86. The lowest BCUT2D eigenvalue weighted by molar-refractivity contribution is -0.140. The summed E-state index contributed by atoms with van der Waals surface area (Å²) in [6.45, 7) is 5.37. The molecule has 3 fully saturated rings. The van der Waals surface area contributed by atoms with E-state index in [-0.39, 0.29) is 24.2 Å². The lowest BCUT2D eigenvalue weighted by Gasteiger charge is -2.31. The maximum Gasteiger partial charge on any atom is 0.224 e. The van der Waals surface area contributed by atoms with Gasteiger partial charge in [0.05, 0.1) is 19.3 Å². The van der Waals surface area contributed by atoms with Crippen molar-refractivity contribution >= 4 is 11.8 Å². The quantitative estimate of drug-likeness (QED) is 0.605. The van der Waals surface area contributed by atoms with E-state index in [1.165, 1.54) is 38.5 Å². The Hall–Kier alpha value is -1.65. The van der Waals surface area contributed by atoms with Crippen molar-refractivity contribution < 1.29 is 14.3 Å². The normalized spacial score (nSPS) is 23.0. The molecular formula is C24H40N4O3. The molecule has 2 saturated heterocycles. The number of nitriles is 1. The SMILES string of the molecule is N#CC(CCN1CCCCC1)NC(=O)C(CC(=O)N1CCOCC1)CC1CCCCC1. The third-order valence-electron chi connectivity index (χ3n) is 7.15. The van der Waals surface area contributed by atoms with Crippen molar-refractivity contribution in [3.8, 4) is 6.07 Å². The number of hydrogen-bond donors (Lipinski definition) is 1. The molecule has 1 aliphatic carbocycles. The molecule has 7 heteroatoms. The van der Waals surface area contributed by atoms with Crippen molar-refractivity contribution in [3.63, 3.8) is 0 Å². The molecule has 3 aliphatic rings. The summed E-state index contributed by atoms with van der Waals surface area (Å²) in [6, 6.07) is 1.79. The summed E-state index contributed by atoms with van der Waals surface area (Å²) in [7, 11) is 0. The second-order valence-electron chi connectivity index (χ2n) is 9.52. The maximum atomic E-state index is 13.2. The van der Waals surface area contributed by atoms with Gasteiger partial charge in [-0.25, -0.2) is 0 Å². The van der Waals surface area contributed by atoms with E-state index in [9.17, 15) is 14.9 Å². The van der Waals surface area contributed by atoms with Crippen molar-refractivity contribution in [1.29, 1.82) is 5.26 Å². The van der Waals surface area contributed by atoms with E-state index in [4.69, 9.17) is 4.74 Å². The fourth-order valence-electron chi connectivity index (χ4n) is 5.21. The first kappa shape index (κ1) is 24.0. The van der Waals surface area contributed by atoms with Gasteiger partial charge in [-0.1, -0.05) is 38.5 Å². The van der Waals surface area contributed by atoms with Crippen LogP contribution in [0, 0.1) is 23.2 Å². The average molecular weight is 433 g/mol. The number of carbonyl (C=O) groups is 2. The number of piperidine rings is 1. The number of rotatable bonds is 9. The zero-order valence-corrected chi connectivity index (χ0v) is 19.0. The van der Waals surface area contributed by atoms with E-state index in [0.29, 0.717) is 38.6 Å². The molecule has 31 heavy (non-hydrogen) atoms. The van der Waals surface area contributed by atoms with Gasteiger partial charge in [0, 0.05) is 32.0 Å². The van der Waals surface area contributed by atoms with Crippen LogP contribution in [-0.4, -0.2) is 73.6 Å². The number of amides is 2. The number of carbonyl (C=O) groups excluding carboxylic acids is 2. The largest absolute Gasteiger partial charge is 0.378 e. The van der Waals surface area contributed by atoms with Crippen LogP contribution >= 0.6 is 0 Å². The summed E-state index contributed by atoms with van der Waals surface area (Å²) >= 11 is 0. The molecule has 2 atom stereocenters. The van der Waals surface area contributed by atoms with Crippen molar-refractivity contribution in [3.05, 3.63) is 0 Å². The van der Waals surface area contributed by atoms with E-state index in [0.717, 1.165) is 38.9 Å². The molecule has 0 aromatic heterocycles. The summed E-state index contributed by atoms with van der Waals surface area (Å²) in [6.07, 6.45) is 11.4. The topological polar surface area (TPSA) is 85.7 Å². The Kier molecular flexibility index (Phi) is 10.1. The van der Waals surface area contributed by atoms with E-state index in [1.54, 1.807) is 0 Å². The summed E-state index contributed by atoms with van der Waals surface area (Å²) in [5.74, 6) is 0.0959. The van der Waals surface area contributed by atoms with Gasteiger partial charge in [-0.15, -0.1) is 0 Å². The number of ether oxygens (including phenoxy) is 1. The van der Waals surface area contributed by atoms with Gasteiger partial charge >= 0.3 is 0 Å². The minimum absolute atomic E-state index is 0.0427. The van der Waals surface area contributed by atoms with Crippen LogP contribution in [0.2, 0.25) is 0 Å². The van der Waals surface area contributed by atoms with Crippen LogP contribution in [0.25, 0.3) is 0 Å². The van der Waals surface area contributed by atoms with E-state index in [2.05, 4.69) is 16.3 Å². The summed E-state index contributed by atoms with van der Waals surface area (Å²) < 4.78 is 5.35. The average Bonchev–Trinajstić information content (AvgIpc) is 2.83. The number of nitrogens with one attached hydrogen (secondary N) is 1. The molecule has 1 saturated carbocycles. The first-order valence-corrected chi connectivity index (χ1v) is 12.4. The highest BCUT2D eigenvalue weighted by atomic mass is 16.5. The van der Waals surface area contributed by atoms with Gasteiger partial charge in [0.25, 0.3) is 0 Å². The number of morpholine rings is 1. The molecule has 3 rings (SSSR count). The summed E-state index contributed by atoms with van der Waals surface area (Å²) in [4.78, 5) is 30.3. The van der Waals surface area contributed by atoms with Gasteiger partial charge in [0.15, 0.2) is 0 Å². The molecule has 2 heterocycles. The van der Waals surface area contributed by atoms with E-state index in [1.807, 2.05) is 4.90 Å². The fraction of sp³-hybridized carbons (Fsp3) is 0.875. The Morgan fingerprint density at radius 2 is 1.68 bits per heavy atom. The molecule has 0 aromatic rings. The van der Waals surface area contributed by atoms with Crippen LogP contribution in [0.5, 0.6) is 0 Å². The number of likely N-dealkylation sites (tertiary alicyclic amines) is 1. The predicted octanol–water partition coefficient (Wildman–Crippen LogP) is 2.71. The lowest BCUT2D eigenvalue weighted by Crippen LogP contribution is -2.45. The van der Waals surface area contributed by atoms with E-state index >= 15 is 0 Å². The van der Waals surface area contributed by atoms with Gasteiger partial charge in [-0.2, -0.15) is 5.26 Å². The van der Waals surface area contributed by atoms with Gasteiger partial charge in [-0.05, 0) is 44.7 Å². The Balaban J connectivity index is 1.55. The maximum absolute atomic E-state index is 13.2. The summed E-state index contributed by atoms with van der Waals surface area (Å²) in [5, 5.41) is 12.6. The van der Waals surface area contributed by atoms with Crippen LogP contribution in [0.1, 0.15) is 70.6 Å². The van der Waals surface area contributed by atoms with Crippen molar-refractivity contribution in [1.82, 2.24) is 15.1 Å². The molecular weight excluding hydrogens is 392 g/mol. The first-order valence-electron chi connectivity index (χ1n) is 12.4. The molecule has 0 bridgehead atoms. The first-order chi connectivity index (χ1) is 15.2. The zero-order chi connectivity index (χ0) is 21.9.